The second kappa shape index (κ2) is 3.43. The molecule has 0 atom stereocenters. The van der Waals surface area contributed by atoms with E-state index in [1.165, 1.54) is 0 Å². The summed E-state index contributed by atoms with van der Waals surface area (Å²) in [5, 5.41) is 0. The molecule has 2 aliphatic carbocycles. The van der Waals surface area contributed by atoms with E-state index in [1.807, 2.05) is 0 Å². The van der Waals surface area contributed by atoms with Gasteiger partial charge >= 0.3 is 0 Å². The molecular formula is C14H25F2N. The Balaban J connectivity index is 2.19. The Kier molecular flexibility index (Phi) is 2.68. The Morgan fingerprint density at radius 2 is 1.35 bits per heavy atom. The topological polar surface area (TPSA) is 26.0 Å². The highest BCUT2D eigenvalue weighted by atomic mass is 19.3. The molecule has 0 aromatic carbocycles. The Morgan fingerprint density at radius 3 is 1.65 bits per heavy atom. The molecule has 2 saturated carbocycles. The van der Waals surface area contributed by atoms with E-state index in [0.717, 1.165) is 0 Å². The fraction of sp³-hybridized carbons (Fsp3) is 1.00. The van der Waals surface area contributed by atoms with Gasteiger partial charge in [0.15, 0.2) is 0 Å². The second-order valence-electron chi connectivity index (χ2n) is 7.30. The lowest BCUT2D eigenvalue weighted by Gasteiger charge is -2.41. The summed E-state index contributed by atoms with van der Waals surface area (Å²) >= 11 is 0. The van der Waals surface area contributed by atoms with Crippen LogP contribution < -0.4 is 5.73 Å². The molecule has 0 aliphatic heterocycles. The first kappa shape index (κ1) is 13.3. The van der Waals surface area contributed by atoms with Crippen molar-refractivity contribution in [3.63, 3.8) is 0 Å². The van der Waals surface area contributed by atoms with Gasteiger partial charge in [0.25, 0.3) is 0 Å². The number of halogens is 2. The highest BCUT2D eigenvalue weighted by Crippen LogP contribution is 2.76. The van der Waals surface area contributed by atoms with Crippen LogP contribution >= 0.6 is 0 Å². The summed E-state index contributed by atoms with van der Waals surface area (Å²) in [6.07, 6.45) is 1.22. The Hall–Kier alpha value is -0.180. The maximum absolute atomic E-state index is 13.3. The van der Waals surface area contributed by atoms with E-state index in [-0.39, 0.29) is 29.1 Å². The van der Waals surface area contributed by atoms with Gasteiger partial charge in [-0.15, -0.1) is 0 Å². The third-order valence-electron chi connectivity index (χ3n) is 6.02. The molecule has 0 heterocycles. The predicted octanol–water partition coefficient (Wildman–Crippen LogP) is 3.82. The van der Waals surface area contributed by atoms with Crippen molar-refractivity contribution in [2.24, 2.45) is 27.9 Å². The van der Waals surface area contributed by atoms with E-state index >= 15 is 0 Å². The zero-order chi connectivity index (χ0) is 13.1. The van der Waals surface area contributed by atoms with E-state index in [4.69, 9.17) is 5.73 Å². The highest BCUT2D eigenvalue weighted by Gasteiger charge is 2.71. The standard InChI is InChI=1S/C14H25F2N/c1-11(2)10(12(11,3)4)13(9-17)5-7-14(15,16)8-6-13/h10H,5-9,17H2,1-4H3. The van der Waals surface area contributed by atoms with Crippen molar-refractivity contribution in [3.8, 4) is 0 Å². The summed E-state index contributed by atoms with van der Waals surface area (Å²) in [6.45, 7) is 9.56. The second-order valence-corrected chi connectivity index (χ2v) is 7.30. The van der Waals surface area contributed by atoms with Crippen molar-refractivity contribution in [1.29, 1.82) is 0 Å². The van der Waals surface area contributed by atoms with Gasteiger partial charge in [-0.05, 0) is 41.5 Å². The minimum absolute atomic E-state index is 0.0207. The molecule has 1 nitrogen and oxygen atoms in total. The van der Waals surface area contributed by atoms with Gasteiger partial charge < -0.3 is 5.73 Å². The van der Waals surface area contributed by atoms with Gasteiger partial charge in [0.2, 0.25) is 5.92 Å². The van der Waals surface area contributed by atoms with Gasteiger partial charge in [-0.1, -0.05) is 27.7 Å². The maximum Gasteiger partial charge on any atom is 0.248 e. The fourth-order valence-electron chi connectivity index (χ4n) is 4.45. The smallest absolute Gasteiger partial charge is 0.248 e. The van der Waals surface area contributed by atoms with E-state index in [9.17, 15) is 8.78 Å². The van der Waals surface area contributed by atoms with Crippen molar-refractivity contribution in [2.45, 2.75) is 59.3 Å². The molecule has 0 radical (unpaired) electrons. The van der Waals surface area contributed by atoms with E-state index < -0.39 is 5.92 Å². The summed E-state index contributed by atoms with van der Waals surface area (Å²) in [5.41, 5.74) is 6.39. The molecule has 2 aliphatic rings. The molecule has 2 N–H and O–H groups in total. The van der Waals surface area contributed by atoms with Crippen molar-refractivity contribution in [2.75, 3.05) is 6.54 Å². The monoisotopic (exact) mass is 245 g/mol. The van der Waals surface area contributed by atoms with Crippen LogP contribution in [0.15, 0.2) is 0 Å². The van der Waals surface area contributed by atoms with Crippen LogP contribution in [0.3, 0.4) is 0 Å². The maximum atomic E-state index is 13.3. The average Bonchev–Trinajstić information content (AvgIpc) is 2.61. The normalized spacial score (nSPS) is 33.4. The molecule has 2 rings (SSSR count). The summed E-state index contributed by atoms with van der Waals surface area (Å²) in [6, 6.07) is 0. The molecule has 0 saturated heterocycles. The van der Waals surface area contributed by atoms with E-state index in [0.29, 0.717) is 25.3 Å². The van der Waals surface area contributed by atoms with E-state index in [2.05, 4.69) is 27.7 Å². The molecule has 100 valence electrons. The molecule has 2 fully saturated rings. The first-order valence-electron chi connectivity index (χ1n) is 6.67. The van der Waals surface area contributed by atoms with Crippen LogP contribution in [0.1, 0.15) is 53.4 Å². The number of nitrogens with two attached hydrogens (primary N) is 1. The molecule has 0 amide bonds. The molecule has 3 heteroatoms. The molecule has 0 aromatic rings. The summed E-state index contributed by atoms with van der Waals surface area (Å²) in [7, 11) is 0. The van der Waals surface area contributed by atoms with Crippen molar-refractivity contribution in [1.82, 2.24) is 0 Å². The fourth-order valence-corrected chi connectivity index (χ4v) is 4.45. The summed E-state index contributed by atoms with van der Waals surface area (Å²) in [5.74, 6) is -1.97. The molecule has 0 bridgehead atoms. The van der Waals surface area contributed by atoms with Crippen LogP contribution in [0.5, 0.6) is 0 Å². The first-order chi connectivity index (χ1) is 7.59. The van der Waals surface area contributed by atoms with Crippen LogP contribution in [0.4, 0.5) is 8.78 Å². The van der Waals surface area contributed by atoms with Gasteiger partial charge in [0.05, 0.1) is 0 Å². The summed E-state index contributed by atoms with van der Waals surface area (Å²) < 4.78 is 26.6. The minimum Gasteiger partial charge on any atom is -0.330 e. The van der Waals surface area contributed by atoms with Gasteiger partial charge in [-0.25, -0.2) is 8.78 Å². The number of alkyl halides is 2. The Labute approximate surface area is 103 Å². The molecule has 17 heavy (non-hydrogen) atoms. The first-order valence-corrected chi connectivity index (χ1v) is 6.67. The number of hydrogen-bond acceptors (Lipinski definition) is 1. The molecular weight excluding hydrogens is 220 g/mol. The zero-order valence-corrected chi connectivity index (χ0v) is 11.4. The summed E-state index contributed by atoms with van der Waals surface area (Å²) in [4.78, 5) is 0. The highest BCUT2D eigenvalue weighted by molar-refractivity contribution is 5.19. The van der Waals surface area contributed by atoms with Gasteiger partial charge in [0, 0.05) is 12.8 Å². The van der Waals surface area contributed by atoms with Crippen LogP contribution in [0.25, 0.3) is 0 Å². The van der Waals surface area contributed by atoms with E-state index in [1.54, 1.807) is 0 Å². The number of rotatable bonds is 2. The lowest BCUT2D eigenvalue weighted by atomic mass is 9.67. The van der Waals surface area contributed by atoms with Crippen molar-refractivity contribution < 1.29 is 8.78 Å². The SMILES string of the molecule is CC1(C)C(C2(CN)CCC(F)(F)CC2)C1(C)C. The van der Waals surface area contributed by atoms with Crippen molar-refractivity contribution >= 4 is 0 Å². The van der Waals surface area contributed by atoms with Gasteiger partial charge in [-0.3, -0.25) is 0 Å². The van der Waals surface area contributed by atoms with Crippen LogP contribution in [0, 0.1) is 22.2 Å². The van der Waals surface area contributed by atoms with Crippen LogP contribution in [0.2, 0.25) is 0 Å². The lowest BCUT2D eigenvalue weighted by molar-refractivity contribution is -0.0740. The zero-order valence-electron chi connectivity index (χ0n) is 11.4. The number of hydrogen-bond donors (Lipinski definition) is 1. The van der Waals surface area contributed by atoms with Crippen LogP contribution in [-0.2, 0) is 0 Å². The average molecular weight is 245 g/mol. The Morgan fingerprint density at radius 1 is 0.941 bits per heavy atom. The third-order valence-corrected chi connectivity index (χ3v) is 6.02. The third kappa shape index (κ3) is 1.73. The Bertz CT molecular complexity index is 296. The molecule has 0 unspecified atom stereocenters. The van der Waals surface area contributed by atoms with Gasteiger partial charge in [-0.2, -0.15) is 0 Å². The quantitative estimate of drug-likeness (QED) is 0.786. The largest absolute Gasteiger partial charge is 0.330 e. The van der Waals surface area contributed by atoms with Gasteiger partial charge in [0.1, 0.15) is 0 Å². The predicted molar refractivity (Wildman–Crippen MR) is 66.0 cm³/mol. The van der Waals surface area contributed by atoms with Crippen LogP contribution in [-0.4, -0.2) is 12.5 Å². The lowest BCUT2D eigenvalue weighted by Crippen LogP contribution is -2.41. The molecule has 0 aromatic heterocycles. The minimum atomic E-state index is -2.46. The van der Waals surface area contributed by atoms with Crippen molar-refractivity contribution in [3.05, 3.63) is 0 Å². The molecule has 0 spiro atoms.